The molecule has 10 atom stereocenters. The zero-order valence-corrected chi connectivity index (χ0v) is 12.7. The molecule has 9 nitrogen and oxygen atoms in total. The van der Waals surface area contributed by atoms with Crippen LogP contribution < -0.4 is 22.9 Å². The molecule has 0 amide bonds. The van der Waals surface area contributed by atoms with Crippen LogP contribution >= 0.6 is 0 Å². The Morgan fingerprint density at radius 2 is 1.68 bits per heavy atom. The van der Waals surface area contributed by atoms with Gasteiger partial charge in [-0.05, 0) is 12.3 Å². The summed E-state index contributed by atoms with van der Waals surface area (Å²) >= 11 is 0. The monoisotopic (exact) mass is 320 g/mol. The quantitative estimate of drug-likeness (QED) is 0.273. The van der Waals surface area contributed by atoms with E-state index in [1.165, 1.54) is 0 Å². The first kappa shape index (κ1) is 18.0. The van der Waals surface area contributed by atoms with E-state index in [1.807, 2.05) is 6.92 Å². The highest BCUT2D eigenvalue weighted by Gasteiger charge is 2.47. The van der Waals surface area contributed by atoms with E-state index in [2.05, 4.69) is 0 Å². The average molecular weight is 320 g/mol. The number of aliphatic hydroxyl groups is 3. The predicted molar refractivity (Wildman–Crippen MR) is 78.3 cm³/mol. The fraction of sp³-hybridized carbons (Fsp3) is 1.00. The van der Waals surface area contributed by atoms with Gasteiger partial charge in [-0.2, -0.15) is 0 Å². The standard InChI is InChI=1S/C13H28N4O5/c1-4-5(15)2-6(16)12(9(4)18)22-13-8(17)11(20)10(19)7(3-14)21-13/h4-13,18-20H,2-3,14-17H2,1H3. The summed E-state index contributed by atoms with van der Waals surface area (Å²) in [4.78, 5) is 0. The van der Waals surface area contributed by atoms with E-state index < -0.39 is 48.9 Å². The molecular formula is C13H28N4O5. The van der Waals surface area contributed by atoms with Crippen LogP contribution in [-0.2, 0) is 9.47 Å². The van der Waals surface area contributed by atoms with Crippen molar-refractivity contribution in [1.29, 1.82) is 0 Å². The summed E-state index contributed by atoms with van der Waals surface area (Å²) < 4.78 is 11.2. The molecule has 0 aromatic carbocycles. The molecule has 0 bridgehead atoms. The minimum atomic E-state index is -1.23. The first-order valence-corrected chi connectivity index (χ1v) is 7.59. The molecule has 0 aromatic rings. The Morgan fingerprint density at radius 1 is 1.05 bits per heavy atom. The normalized spacial score (nSPS) is 53.5. The molecule has 11 N–H and O–H groups in total. The summed E-state index contributed by atoms with van der Waals surface area (Å²) in [5.41, 5.74) is 23.3. The van der Waals surface area contributed by atoms with Crippen LogP contribution in [-0.4, -0.2) is 76.8 Å². The fourth-order valence-electron chi connectivity index (χ4n) is 3.07. The molecule has 1 saturated carbocycles. The number of hydrogen-bond donors (Lipinski definition) is 7. The SMILES string of the molecule is CC1C(N)CC(N)C(OC2OC(CN)C(O)C(O)C2N)C1O. The molecule has 2 rings (SSSR count). The van der Waals surface area contributed by atoms with E-state index in [9.17, 15) is 15.3 Å². The van der Waals surface area contributed by atoms with Gasteiger partial charge in [0.25, 0.3) is 0 Å². The van der Waals surface area contributed by atoms with Crippen LogP contribution in [0.5, 0.6) is 0 Å². The van der Waals surface area contributed by atoms with Crippen LogP contribution in [0.2, 0.25) is 0 Å². The highest BCUT2D eigenvalue weighted by molar-refractivity contribution is 4.98. The molecule has 2 fully saturated rings. The topological polar surface area (TPSA) is 183 Å². The molecule has 2 aliphatic rings. The molecule has 22 heavy (non-hydrogen) atoms. The van der Waals surface area contributed by atoms with E-state index in [4.69, 9.17) is 32.4 Å². The molecule has 10 unspecified atom stereocenters. The lowest BCUT2D eigenvalue weighted by Gasteiger charge is -2.46. The summed E-state index contributed by atoms with van der Waals surface area (Å²) in [6.07, 6.45) is -5.31. The molecule has 1 heterocycles. The Morgan fingerprint density at radius 3 is 2.27 bits per heavy atom. The Hall–Kier alpha value is -0.360. The molecule has 130 valence electrons. The average Bonchev–Trinajstić information content (AvgIpc) is 2.49. The molecule has 0 radical (unpaired) electrons. The maximum Gasteiger partial charge on any atom is 0.176 e. The van der Waals surface area contributed by atoms with Gasteiger partial charge in [0.05, 0.1) is 12.1 Å². The van der Waals surface area contributed by atoms with E-state index in [1.54, 1.807) is 0 Å². The summed E-state index contributed by atoms with van der Waals surface area (Å²) in [5.74, 6) is -0.189. The number of hydrogen-bond acceptors (Lipinski definition) is 9. The highest BCUT2D eigenvalue weighted by Crippen LogP contribution is 2.29. The molecular weight excluding hydrogens is 292 g/mol. The van der Waals surface area contributed by atoms with Gasteiger partial charge in [0.1, 0.15) is 24.4 Å². The Kier molecular flexibility index (Phi) is 5.75. The summed E-state index contributed by atoms with van der Waals surface area (Å²) in [6.45, 7) is 1.83. The summed E-state index contributed by atoms with van der Waals surface area (Å²) in [5, 5.41) is 30.1. The lowest BCUT2D eigenvalue weighted by Crippen LogP contribution is -2.66. The summed E-state index contributed by atoms with van der Waals surface area (Å²) in [7, 11) is 0. The van der Waals surface area contributed by atoms with Gasteiger partial charge in [-0.1, -0.05) is 6.92 Å². The van der Waals surface area contributed by atoms with Gasteiger partial charge in [-0.25, -0.2) is 0 Å². The van der Waals surface area contributed by atoms with Crippen molar-refractivity contribution in [2.75, 3.05) is 6.54 Å². The van der Waals surface area contributed by atoms with Crippen LogP contribution in [0.25, 0.3) is 0 Å². The third kappa shape index (κ3) is 3.28. The van der Waals surface area contributed by atoms with E-state index >= 15 is 0 Å². The van der Waals surface area contributed by atoms with Crippen LogP contribution in [0.4, 0.5) is 0 Å². The van der Waals surface area contributed by atoms with Crippen LogP contribution in [0.1, 0.15) is 13.3 Å². The second-order valence-electron chi connectivity index (χ2n) is 6.35. The number of ether oxygens (including phenoxy) is 2. The van der Waals surface area contributed by atoms with Crippen molar-refractivity contribution in [2.45, 2.75) is 68.3 Å². The molecule has 0 aromatic heterocycles. The van der Waals surface area contributed by atoms with Crippen molar-refractivity contribution in [2.24, 2.45) is 28.9 Å². The van der Waals surface area contributed by atoms with Crippen molar-refractivity contribution in [3.05, 3.63) is 0 Å². The van der Waals surface area contributed by atoms with E-state index in [0.29, 0.717) is 6.42 Å². The molecule has 9 heteroatoms. The third-order valence-electron chi connectivity index (χ3n) is 4.79. The first-order chi connectivity index (χ1) is 10.3. The van der Waals surface area contributed by atoms with Crippen LogP contribution in [0.15, 0.2) is 0 Å². The van der Waals surface area contributed by atoms with Crippen LogP contribution in [0.3, 0.4) is 0 Å². The number of aliphatic hydroxyl groups excluding tert-OH is 3. The zero-order valence-electron chi connectivity index (χ0n) is 12.7. The lowest BCUT2D eigenvalue weighted by molar-refractivity contribution is -0.285. The maximum absolute atomic E-state index is 10.3. The van der Waals surface area contributed by atoms with Crippen LogP contribution in [0, 0.1) is 5.92 Å². The number of nitrogens with two attached hydrogens (primary N) is 4. The molecule has 1 saturated heterocycles. The van der Waals surface area contributed by atoms with Crippen molar-refractivity contribution in [3.8, 4) is 0 Å². The molecule has 0 spiro atoms. The smallest absolute Gasteiger partial charge is 0.176 e. The van der Waals surface area contributed by atoms with Crippen molar-refractivity contribution in [1.82, 2.24) is 0 Å². The lowest BCUT2D eigenvalue weighted by atomic mass is 9.79. The van der Waals surface area contributed by atoms with Gasteiger partial charge < -0.3 is 47.7 Å². The molecule has 1 aliphatic carbocycles. The molecule has 1 aliphatic heterocycles. The van der Waals surface area contributed by atoms with Gasteiger partial charge in [-0.3, -0.25) is 0 Å². The Bertz CT molecular complexity index is 374. The van der Waals surface area contributed by atoms with Gasteiger partial charge >= 0.3 is 0 Å². The van der Waals surface area contributed by atoms with E-state index in [-0.39, 0.29) is 18.5 Å². The Balaban J connectivity index is 2.08. The third-order valence-corrected chi connectivity index (χ3v) is 4.79. The minimum absolute atomic E-state index is 0.00531. The van der Waals surface area contributed by atoms with E-state index in [0.717, 1.165) is 0 Å². The Labute approximate surface area is 129 Å². The van der Waals surface area contributed by atoms with Crippen molar-refractivity contribution in [3.63, 3.8) is 0 Å². The number of rotatable bonds is 3. The first-order valence-electron chi connectivity index (χ1n) is 7.59. The predicted octanol–water partition coefficient (Wildman–Crippen LogP) is -3.84. The largest absolute Gasteiger partial charge is 0.390 e. The van der Waals surface area contributed by atoms with Gasteiger partial charge in [-0.15, -0.1) is 0 Å². The second kappa shape index (κ2) is 7.04. The van der Waals surface area contributed by atoms with Gasteiger partial charge in [0.15, 0.2) is 6.29 Å². The second-order valence-corrected chi connectivity index (χ2v) is 6.35. The van der Waals surface area contributed by atoms with Gasteiger partial charge in [0.2, 0.25) is 0 Å². The summed E-state index contributed by atoms with van der Waals surface area (Å²) in [6, 6.07) is -1.66. The highest BCUT2D eigenvalue weighted by atomic mass is 16.7. The van der Waals surface area contributed by atoms with Gasteiger partial charge in [0, 0.05) is 18.6 Å². The zero-order chi connectivity index (χ0) is 16.6. The minimum Gasteiger partial charge on any atom is -0.390 e. The van der Waals surface area contributed by atoms with Crippen molar-refractivity contribution < 1.29 is 24.8 Å². The van der Waals surface area contributed by atoms with Crippen molar-refractivity contribution >= 4 is 0 Å². The fourth-order valence-corrected chi connectivity index (χ4v) is 3.07. The maximum atomic E-state index is 10.3.